The van der Waals surface area contributed by atoms with Gasteiger partial charge in [0.25, 0.3) is 11.8 Å². The first-order valence-corrected chi connectivity index (χ1v) is 16.4. The molecule has 0 spiro atoms. The van der Waals surface area contributed by atoms with Crippen LogP contribution < -0.4 is 5.32 Å². The van der Waals surface area contributed by atoms with Gasteiger partial charge in [0.05, 0.1) is 11.0 Å². The highest BCUT2D eigenvalue weighted by atomic mass is 19.1. The number of nitrogens with zero attached hydrogens (tertiary/aromatic N) is 4. The smallest absolute Gasteiger partial charge is 0.253 e. The van der Waals surface area contributed by atoms with E-state index in [2.05, 4.69) is 52.0 Å². The van der Waals surface area contributed by atoms with Gasteiger partial charge in [0.2, 0.25) is 0 Å². The Labute approximate surface area is 264 Å². The van der Waals surface area contributed by atoms with Crippen LogP contribution in [0.4, 0.5) is 4.39 Å². The number of piperidine rings is 2. The number of halogens is 1. The number of fused-ring (bicyclic) bond motifs is 3. The Balaban J connectivity index is 1.07. The Bertz CT molecular complexity index is 1710. The van der Waals surface area contributed by atoms with Crippen LogP contribution in [0.1, 0.15) is 83.1 Å². The van der Waals surface area contributed by atoms with Crippen molar-refractivity contribution in [1.82, 2.24) is 24.7 Å². The summed E-state index contributed by atoms with van der Waals surface area (Å²) in [7, 11) is 1.59. The molecule has 4 aromatic rings. The quantitative estimate of drug-likeness (QED) is 0.269. The van der Waals surface area contributed by atoms with Crippen LogP contribution in [0.25, 0.3) is 11.0 Å². The lowest BCUT2D eigenvalue weighted by Gasteiger charge is -2.45. The van der Waals surface area contributed by atoms with E-state index in [0.29, 0.717) is 42.3 Å². The maximum atomic E-state index is 14.6. The molecule has 1 aromatic heterocycles. The fourth-order valence-electron chi connectivity index (χ4n) is 8.55. The van der Waals surface area contributed by atoms with Crippen LogP contribution in [0.2, 0.25) is 0 Å². The van der Waals surface area contributed by atoms with Gasteiger partial charge in [0.1, 0.15) is 11.6 Å². The molecule has 2 amide bonds. The average Bonchev–Trinajstić information content (AvgIpc) is 3.53. The highest BCUT2D eigenvalue weighted by molar-refractivity contribution is 5.99. The molecular formula is C37H42FN5O2. The number of amides is 2. The molecule has 2 bridgehead atoms. The number of para-hydroxylation sites is 2. The predicted molar refractivity (Wildman–Crippen MR) is 174 cm³/mol. The molecule has 3 fully saturated rings. The lowest BCUT2D eigenvalue weighted by atomic mass is 9.70. The van der Waals surface area contributed by atoms with Gasteiger partial charge in [-0.1, -0.05) is 30.3 Å². The van der Waals surface area contributed by atoms with E-state index >= 15 is 0 Å². The summed E-state index contributed by atoms with van der Waals surface area (Å²) >= 11 is 0. The van der Waals surface area contributed by atoms with E-state index in [1.54, 1.807) is 37.4 Å². The van der Waals surface area contributed by atoms with E-state index in [1.165, 1.54) is 24.4 Å². The van der Waals surface area contributed by atoms with Crippen LogP contribution in [-0.4, -0.2) is 69.9 Å². The van der Waals surface area contributed by atoms with Gasteiger partial charge < -0.3 is 14.8 Å². The molecule has 0 unspecified atom stereocenters. The number of aryl methyl sites for hydroxylation is 1. The minimum Gasteiger partial charge on any atom is -0.355 e. The Hall–Kier alpha value is -4.04. The number of nitrogens with one attached hydrogen (secondary N) is 1. The molecule has 234 valence electrons. The van der Waals surface area contributed by atoms with Crippen LogP contribution in [0.5, 0.6) is 0 Å². The van der Waals surface area contributed by atoms with Gasteiger partial charge in [0.15, 0.2) is 0 Å². The molecular weight excluding hydrogens is 565 g/mol. The Morgan fingerprint density at radius 1 is 0.911 bits per heavy atom. The molecule has 7 rings (SSSR count). The number of hydrogen-bond acceptors (Lipinski definition) is 4. The number of benzene rings is 3. The summed E-state index contributed by atoms with van der Waals surface area (Å²) in [5.74, 6) is 0.622. The monoisotopic (exact) mass is 607 g/mol. The van der Waals surface area contributed by atoms with Crippen molar-refractivity contribution in [3.8, 4) is 0 Å². The number of carbonyl (C=O) groups is 2. The fourth-order valence-corrected chi connectivity index (χ4v) is 8.55. The highest BCUT2D eigenvalue weighted by Crippen LogP contribution is 2.45. The molecule has 3 aromatic carbocycles. The molecule has 8 heteroatoms. The van der Waals surface area contributed by atoms with Gasteiger partial charge in [-0.25, -0.2) is 9.37 Å². The topological polar surface area (TPSA) is 70.5 Å². The normalized spacial score (nSPS) is 22.9. The van der Waals surface area contributed by atoms with Gasteiger partial charge >= 0.3 is 0 Å². The molecule has 3 atom stereocenters. The molecule has 0 aliphatic carbocycles. The van der Waals surface area contributed by atoms with Crippen molar-refractivity contribution in [2.75, 3.05) is 26.7 Å². The zero-order chi connectivity index (χ0) is 31.1. The van der Waals surface area contributed by atoms with E-state index in [4.69, 9.17) is 4.98 Å². The lowest BCUT2D eigenvalue weighted by molar-refractivity contribution is 0.0606. The Morgan fingerprint density at radius 2 is 1.62 bits per heavy atom. The third-order valence-corrected chi connectivity index (χ3v) is 10.9. The summed E-state index contributed by atoms with van der Waals surface area (Å²) in [5.41, 5.74) is 4.15. The maximum Gasteiger partial charge on any atom is 0.253 e. The summed E-state index contributed by atoms with van der Waals surface area (Å²) in [6.45, 7) is 4.31. The summed E-state index contributed by atoms with van der Waals surface area (Å²) in [6, 6.07) is 24.0. The van der Waals surface area contributed by atoms with Gasteiger partial charge in [0, 0.05) is 49.4 Å². The van der Waals surface area contributed by atoms with Crippen molar-refractivity contribution in [3.63, 3.8) is 0 Å². The third kappa shape index (κ3) is 5.54. The second-order valence-corrected chi connectivity index (χ2v) is 13.3. The standard InChI is InChI=1S/C37H42FN5O2/c1-25-40-33-11-3-4-12-34(33)43(25)32-23-30-13-14-31(24-32)42(30)20-17-37(28-9-6-10-29(38)22-28)15-18-41(19-16-37)36(45)27-8-5-7-26(21-27)35(44)39-2/h3-12,21-22,30-32H,13-20,23-24H2,1-2H3,(H,39,44)/t30-,31+,32+. The molecule has 3 saturated heterocycles. The first-order valence-electron chi connectivity index (χ1n) is 16.4. The Kier molecular flexibility index (Phi) is 7.94. The molecule has 4 heterocycles. The molecule has 0 radical (unpaired) electrons. The summed E-state index contributed by atoms with van der Waals surface area (Å²) in [5, 5.41) is 2.63. The fraction of sp³-hybridized carbons (Fsp3) is 0.432. The second-order valence-electron chi connectivity index (χ2n) is 13.3. The second kappa shape index (κ2) is 12.0. The van der Waals surface area contributed by atoms with Gasteiger partial charge in [-0.3, -0.25) is 14.5 Å². The number of aromatic nitrogens is 2. The largest absolute Gasteiger partial charge is 0.355 e. The van der Waals surface area contributed by atoms with Crippen LogP contribution in [-0.2, 0) is 5.41 Å². The zero-order valence-corrected chi connectivity index (χ0v) is 26.2. The number of carbonyl (C=O) groups excluding carboxylic acids is 2. The van der Waals surface area contributed by atoms with Gasteiger partial charge in [-0.2, -0.15) is 0 Å². The van der Waals surface area contributed by atoms with Crippen molar-refractivity contribution in [3.05, 3.63) is 101 Å². The first kappa shape index (κ1) is 29.7. The van der Waals surface area contributed by atoms with Crippen molar-refractivity contribution in [1.29, 1.82) is 0 Å². The van der Waals surface area contributed by atoms with Crippen LogP contribution in [0.15, 0.2) is 72.8 Å². The van der Waals surface area contributed by atoms with E-state index < -0.39 is 0 Å². The third-order valence-electron chi connectivity index (χ3n) is 10.9. The molecule has 1 N–H and O–H groups in total. The van der Waals surface area contributed by atoms with Crippen LogP contribution in [0.3, 0.4) is 0 Å². The summed E-state index contributed by atoms with van der Waals surface area (Å²) < 4.78 is 17.1. The number of likely N-dealkylation sites (tertiary alicyclic amines) is 1. The number of hydrogen-bond donors (Lipinski definition) is 1. The van der Waals surface area contributed by atoms with Crippen molar-refractivity contribution >= 4 is 22.8 Å². The van der Waals surface area contributed by atoms with E-state index in [0.717, 1.165) is 55.6 Å². The van der Waals surface area contributed by atoms with Gasteiger partial charge in [-0.05, 0) is 112 Å². The maximum absolute atomic E-state index is 14.6. The summed E-state index contributed by atoms with van der Waals surface area (Å²) in [4.78, 5) is 35.2. The minimum atomic E-state index is -0.208. The number of rotatable bonds is 7. The molecule has 7 nitrogen and oxygen atoms in total. The molecule has 3 aliphatic heterocycles. The van der Waals surface area contributed by atoms with Gasteiger partial charge in [-0.15, -0.1) is 0 Å². The SMILES string of the molecule is CNC(=O)c1cccc(C(=O)N2CCC(CCN3[C@@H]4CC[C@H]3C[C@@H](n3c(C)nc5ccccc53)C4)(c3cccc(F)c3)CC2)c1. The lowest BCUT2D eigenvalue weighted by Crippen LogP contribution is -2.49. The Morgan fingerprint density at radius 3 is 2.36 bits per heavy atom. The zero-order valence-electron chi connectivity index (χ0n) is 26.2. The summed E-state index contributed by atoms with van der Waals surface area (Å²) in [6.07, 6.45) is 7.20. The van der Waals surface area contributed by atoms with Crippen molar-refractivity contribution < 1.29 is 14.0 Å². The highest BCUT2D eigenvalue weighted by Gasteiger charge is 2.44. The minimum absolute atomic E-state index is 0.0592. The molecule has 45 heavy (non-hydrogen) atoms. The average molecular weight is 608 g/mol. The molecule has 0 saturated carbocycles. The van der Waals surface area contributed by atoms with Crippen LogP contribution in [0, 0.1) is 12.7 Å². The van der Waals surface area contributed by atoms with E-state index in [9.17, 15) is 14.0 Å². The molecule has 3 aliphatic rings. The predicted octanol–water partition coefficient (Wildman–Crippen LogP) is 6.28. The van der Waals surface area contributed by atoms with Crippen molar-refractivity contribution in [2.45, 2.75) is 75.4 Å². The first-order chi connectivity index (χ1) is 21.8. The van der Waals surface area contributed by atoms with E-state index in [1.807, 2.05) is 11.0 Å². The van der Waals surface area contributed by atoms with Crippen LogP contribution >= 0.6 is 0 Å². The van der Waals surface area contributed by atoms with E-state index in [-0.39, 0.29) is 23.0 Å². The number of imidazole rings is 1. The van der Waals surface area contributed by atoms with Crippen molar-refractivity contribution in [2.24, 2.45) is 0 Å².